The molecule has 0 aliphatic rings. The Morgan fingerprint density at radius 2 is 1.84 bits per heavy atom. The Hall–Kier alpha value is -1.84. The van der Waals surface area contributed by atoms with Crippen LogP contribution in [0, 0.1) is 5.92 Å². The van der Waals surface area contributed by atoms with Crippen molar-refractivity contribution in [3.63, 3.8) is 0 Å². The largest absolute Gasteiger partial charge is 0.334 e. The van der Waals surface area contributed by atoms with Gasteiger partial charge in [-0.05, 0) is 24.5 Å². The van der Waals surface area contributed by atoms with E-state index in [1.54, 1.807) is 4.90 Å². The van der Waals surface area contributed by atoms with Gasteiger partial charge < -0.3 is 10.2 Å². The minimum atomic E-state index is -0.162. The number of para-hydroxylation sites is 1. The first-order valence-electron chi connectivity index (χ1n) is 6.59. The van der Waals surface area contributed by atoms with E-state index >= 15 is 0 Å². The highest BCUT2D eigenvalue weighted by atomic mass is 16.2. The van der Waals surface area contributed by atoms with Gasteiger partial charge in [0.1, 0.15) is 0 Å². The average molecular weight is 262 g/mol. The smallest absolute Gasteiger partial charge is 0.243 e. The molecule has 19 heavy (non-hydrogen) atoms. The Labute approximate surface area is 114 Å². The topological polar surface area (TPSA) is 49.4 Å². The molecule has 1 rings (SSSR count). The first-order valence-corrected chi connectivity index (χ1v) is 6.59. The predicted molar refractivity (Wildman–Crippen MR) is 76.8 cm³/mol. The van der Waals surface area contributed by atoms with Gasteiger partial charge in [0.25, 0.3) is 0 Å². The molecule has 0 aromatic heterocycles. The molecular weight excluding hydrogens is 240 g/mol. The van der Waals surface area contributed by atoms with E-state index in [1.807, 2.05) is 30.3 Å². The molecule has 0 saturated carbocycles. The second-order valence-corrected chi connectivity index (χ2v) is 5.04. The summed E-state index contributed by atoms with van der Waals surface area (Å²) in [6, 6.07) is 9.25. The Balaban J connectivity index is 2.49. The van der Waals surface area contributed by atoms with E-state index in [4.69, 9.17) is 0 Å². The number of nitrogens with one attached hydrogen (secondary N) is 1. The molecular formula is C15H22N2O2. The molecule has 0 spiro atoms. The van der Waals surface area contributed by atoms with Crippen molar-refractivity contribution in [2.75, 3.05) is 18.4 Å². The lowest BCUT2D eigenvalue weighted by molar-refractivity contribution is -0.132. The van der Waals surface area contributed by atoms with Gasteiger partial charge in [-0.25, -0.2) is 0 Å². The van der Waals surface area contributed by atoms with Crippen LogP contribution in [-0.4, -0.2) is 29.8 Å². The minimum absolute atomic E-state index is 0.0659. The van der Waals surface area contributed by atoms with Gasteiger partial charge in [-0.2, -0.15) is 0 Å². The van der Waals surface area contributed by atoms with Gasteiger partial charge in [-0.3, -0.25) is 9.59 Å². The fourth-order valence-corrected chi connectivity index (χ4v) is 1.66. The third kappa shape index (κ3) is 6.04. The van der Waals surface area contributed by atoms with E-state index in [1.165, 1.54) is 6.92 Å². The van der Waals surface area contributed by atoms with Gasteiger partial charge in [0.05, 0.1) is 6.54 Å². The second-order valence-electron chi connectivity index (χ2n) is 5.04. The van der Waals surface area contributed by atoms with Crippen LogP contribution in [0.2, 0.25) is 0 Å². The SMILES string of the molecule is CC(=O)N(CCC(C)C)CC(=O)Nc1ccccc1. The van der Waals surface area contributed by atoms with Crippen molar-refractivity contribution in [1.82, 2.24) is 4.90 Å². The van der Waals surface area contributed by atoms with E-state index in [2.05, 4.69) is 19.2 Å². The van der Waals surface area contributed by atoms with Crippen LogP contribution in [0.5, 0.6) is 0 Å². The van der Waals surface area contributed by atoms with Crippen molar-refractivity contribution in [3.05, 3.63) is 30.3 Å². The molecule has 0 saturated heterocycles. The molecule has 4 heteroatoms. The van der Waals surface area contributed by atoms with E-state index in [0.29, 0.717) is 12.5 Å². The lowest BCUT2D eigenvalue weighted by Crippen LogP contribution is -2.37. The van der Waals surface area contributed by atoms with E-state index < -0.39 is 0 Å². The quantitative estimate of drug-likeness (QED) is 0.856. The summed E-state index contributed by atoms with van der Waals surface area (Å²) in [4.78, 5) is 24.9. The zero-order chi connectivity index (χ0) is 14.3. The Morgan fingerprint density at radius 3 is 2.37 bits per heavy atom. The summed E-state index contributed by atoms with van der Waals surface area (Å²) >= 11 is 0. The molecule has 0 atom stereocenters. The summed E-state index contributed by atoms with van der Waals surface area (Å²) in [5, 5.41) is 2.78. The van der Waals surface area contributed by atoms with Gasteiger partial charge in [0.2, 0.25) is 11.8 Å². The summed E-state index contributed by atoms with van der Waals surface area (Å²) in [7, 11) is 0. The maximum Gasteiger partial charge on any atom is 0.243 e. The summed E-state index contributed by atoms with van der Waals surface area (Å²) in [5.41, 5.74) is 0.750. The van der Waals surface area contributed by atoms with Crippen molar-refractivity contribution in [2.45, 2.75) is 27.2 Å². The molecule has 0 aliphatic carbocycles. The maximum absolute atomic E-state index is 11.9. The molecule has 1 aromatic carbocycles. The van der Waals surface area contributed by atoms with Gasteiger partial charge in [-0.15, -0.1) is 0 Å². The van der Waals surface area contributed by atoms with Crippen LogP contribution in [0.4, 0.5) is 5.69 Å². The molecule has 1 N–H and O–H groups in total. The monoisotopic (exact) mass is 262 g/mol. The number of anilines is 1. The van der Waals surface area contributed by atoms with Crippen molar-refractivity contribution in [2.24, 2.45) is 5.92 Å². The van der Waals surface area contributed by atoms with E-state index in [-0.39, 0.29) is 18.4 Å². The number of benzene rings is 1. The molecule has 1 aromatic rings. The third-order valence-corrected chi connectivity index (χ3v) is 2.81. The number of rotatable bonds is 6. The zero-order valence-corrected chi connectivity index (χ0v) is 11.8. The number of carbonyl (C=O) groups excluding carboxylic acids is 2. The lowest BCUT2D eigenvalue weighted by atomic mass is 10.1. The van der Waals surface area contributed by atoms with E-state index in [0.717, 1.165) is 12.1 Å². The van der Waals surface area contributed by atoms with Crippen molar-refractivity contribution < 1.29 is 9.59 Å². The van der Waals surface area contributed by atoms with Crippen molar-refractivity contribution in [1.29, 1.82) is 0 Å². The number of hydrogen-bond donors (Lipinski definition) is 1. The number of amides is 2. The van der Waals surface area contributed by atoms with Crippen LogP contribution in [0.1, 0.15) is 27.2 Å². The molecule has 0 unspecified atom stereocenters. The van der Waals surface area contributed by atoms with Crippen LogP contribution in [0.15, 0.2) is 30.3 Å². The second kappa shape index (κ2) is 7.56. The molecule has 2 amide bonds. The van der Waals surface area contributed by atoms with Crippen LogP contribution in [-0.2, 0) is 9.59 Å². The van der Waals surface area contributed by atoms with Gasteiger partial charge >= 0.3 is 0 Å². The molecule has 4 nitrogen and oxygen atoms in total. The number of nitrogens with zero attached hydrogens (tertiary/aromatic N) is 1. The van der Waals surface area contributed by atoms with E-state index in [9.17, 15) is 9.59 Å². The van der Waals surface area contributed by atoms with Crippen LogP contribution in [0.25, 0.3) is 0 Å². The molecule has 104 valence electrons. The number of hydrogen-bond acceptors (Lipinski definition) is 2. The fraction of sp³-hybridized carbons (Fsp3) is 0.467. The first kappa shape index (κ1) is 15.2. The predicted octanol–water partition coefficient (Wildman–Crippen LogP) is 2.52. The van der Waals surface area contributed by atoms with Crippen LogP contribution in [0.3, 0.4) is 0 Å². The first-order chi connectivity index (χ1) is 8.99. The zero-order valence-electron chi connectivity index (χ0n) is 11.8. The summed E-state index contributed by atoms with van der Waals surface area (Å²) in [5.74, 6) is 0.285. The molecule has 0 fully saturated rings. The van der Waals surface area contributed by atoms with Gasteiger partial charge in [0.15, 0.2) is 0 Å². The molecule has 0 bridgehead atoms. The van der Waals surface area contributed by atoms with Gasteiger partial charge in [0, 0.05) is 19.2 Å². The highest BCUT2D eigenvalue weighted by molar-refractivity contribution is 5.94. The van der Waals surface area contributed by atoms with Crippen LogP contribution < -0.4 is 5.32 Å². The standard InChI is InChI=1S/C15H22N2O2/c1-12(2)9-10-17(13(3)18)11-15(19)16-14-7-5-4-6-8-14/h4-8,12H,9-11H2,1-3H3,(H,16,19). The molecule has 0 heterocycles. The normalized spacial score (nSPS) is 10.3. The minimum Gasteiger partial charge on any atom is -0.334 e. The van der Waals surface area contributed by atoms with Gasteiger partial charge in [-0.1, -0.05) is 32.0 Å². The Morgan fingerprint density at radius 1 is 1.21 bits per heavy atom. The maximum atomic E-state index is 11.9. The number of carbonyl (C=O) groups is 2. The molecule has 0 aliphatic heterocycles. The summed E-state index contributed by atoms with van der Waals surface area (Å²) in [6.07, 6.45) is 0.901. The highest BCUT2D eigenvalue weighted by Gasteiger charge is 2.13. The van der Waals surface area contributed by atoms with Crippen LogP contribution >= 0.6 is 0 Å². The van der Waals surface area contributed by atoms with Crippen molar-refractivity contribution >= 4 is 17.5 Å². The lowest BCUT2D eigenvalue weighted by Gasteiger charge is -2.21. The fourth-order valence-electron chi connectivity index (χ4n) is 1.66. The Kier molecular flexibility index (Phi) is 6.06. The average Bonchev–Trinajstić information content (AvgIpc) is 2.35. The third-order valence-electron chi connectivity index (χ3n) is 2.81. The highest BCUT2D eigenvalue weighted by Crippen LogP contribution is 2.06. The van der Waals surface area contributed by atoms with Crippen molar-refractivity contribution in [3.8, 4) is 0 Å². The summed E-state index contributed by atoms with van der Waals surface area (Å²) < 4.78 is 0. The Bertz CT molecular complexity index is 415. The summed E-state index contributed by atoms with van der Waals surface area (Å²) in [6.45, 7) is 6.42. The molecule has 0 radical (unpaired) electrons.